The fourth-order valence-electron chi connectivity index (χ4n) is 2.39. The normalized spacial score (nSPS) is 24.6. The third-order valence-corrected chi connectivity index (χ3v) is 3.74. The zero-order valence-corrected chi connectivity index (χ0v) is 13.6. The summed E-state index contributed by atoms with van der Waals surface area (Å²) in [5.74, 6) is -1.03. The van der Waals surface area contributed by atoms with E-state index in [1.54, 1.807) is 0 Å². The number of carbonyl (C=O) groups excluding carboxylic acids is 1. The molecule has 1 aliphatic rings. The van der Waals surface area contributed by atoms with Crippen LogP contribution in [-0.2, 0) is 4.74 Å². The van der Waals surface area contributed by atoms with Crippen molar-refractivity contribution in [3.8, 4) is 0 Å². The molecule has 3 aromatic rings. The standard InChI is InChI=1S/C8H12N4O5.C5H4N4O/c9-6(16)7-10-2-12(11-7)8-5(15)4(14)3(1-13)17-8;10-5-3-4(7-1-6-3)8-2-9-5/h2-5,8,13-15H,1H2,(H2,9,16);1-2H,(H2,6,7,8,9,10)/t3-,4-,5-,8-;/m1./s1. The van der Waals surface area contributed by atoms with Crippen LogP contribution in [0.15, 0.2) is 23.8 Å². The molecular weight excluding hydrogens is 364 g/mol. The van der Waals surface area contributed by atoms with Gasteiger partial charge in [-0.15, -0.1) is 5.10 Å². The van der Waals surface area contributed by atoms with Crippen LogP contribution in [-0.4, -0.2) is 80.8 Å². The summed E-state index contributed by atoms with van der Waals surface area (Å²) in [6.07, 6.45) is -0.501. The molecule has 27 heavy (non-hydrogen) atoms. The predicted molar refractivity (Wildman–Crippen MR) is 86.1 cm³/mol. The number of nitrogens with zero attached hydrogens (tertiary/aromatic N) is 5. The van der Waals surface area contributed by atoms with Crippen molar-refractivity contribution in [2.24, 2.45) is 5.73 Å². The van der Waals surface area contributed by atoms with Gasteiger partial charge in [-0.2, -0.15) is 0 Å². The second-order valence-corrected chi connectivity index (χ2v) is 5.47. The number of hydrogen-bond acceptors (Lipinski definition) is 10. The van der Waals surface area contributed by atoms with E-state index in [1.807, 2.05) is 0 Å². The number of aromatic nitrogens is 7. The number of rotatable bonds is 3. The van der Waals surface area contributed by atoms with E-state index in [0.717, 1.165) is 11.0 Å². The van der Waals surface area contributed by atoms with Gasteiger partial charge in [0.05, 0.1) is 19.3 Å². The lowest BCUT2D eigenvalue weighted by Crippen LogP contribution is -2.33. The van der Waals surface area contributed by atoms with Crippen molar-refractivity contribution in [2.75, 3.05) is 6.61 Å². The van der Waals surface area contributed by atoms with Crippen LogP contribution in [0.3, 0.4) is 0 Å². The maximum Gasteiger partial charge on any atom is 0.288 e. The molecule has 4 atom stereocenters. The minimum absolute atomic E-state index is 0.192. The number of imidazole rings is 1. The van der Waals surface area contributed by atoms with E-state index in [0.29, 0.717) is 11.2 Å². The minimum atomic E-state index is -1.27. The summed E-state index contributed by atoms with van der Waals surface area (Å²) in [4.78, 5) is 38.0. The third-order valence-electron chi connectivity index (χ3n) is 3.74. The largest absolute Gasteiger partial charge is 0.394 e. The van der Waals surface area contributed by atoms with E-state index in [1.165, 1.54) is 12.7 Å². The van der Waals surface area contributed by atoms with Gasteiger partial charge in [-0.3, -0.25) is 9.59 Å². The van der Waals surface area contributed by atoms with Crippen LogP contribution < -0.4 is 11.3 Å². The molecule has 0 aliphatic carbocycles. The van der Waals surface area contributed by atoms with Gasteiger partial charge in [-0.1, -0.05) is 0 Å². The van der Waals surface area contributed by atoms with E-state index in [4.69, 9.17) is 15.6 Å². The Morgan fingerprint density at radius 1 is 1.22 bits per heavy atom. The average molecular weight is 380 g/mol. The van der Waals surface area contributed by atoms with Crippen LogP contribution >= 0.6 is 0 Å². The topological polar surface area (TPSA) is 218 Å². The molecule has 0 aromatic carbocycles. The molecule has 14 heteroatoms. The molecule has 14 nitrogen and oxygen atoms in total. The van der Waals surface area contributed by atoms with Crippen molar-refractivity contribution in [1.29, 1.82) is 0 Å². The zero-order chi connectivity index (χ0) is 19.6. The Hall–Kier alpha value is -3.20. The molecule has 1 aliphatic heterocycles. The first-order valence-electron chi connectivity index (χ1n) is 7.62. The number of primary amides is 1. The molecule has 3 aromatic heterocycles. The lowest BCUT2D eigenvalue weighted by molar-refractivity contribution is -0.0588. The highest BCUT2D eigenvalue weighted by Crippen LogP contribution is 2.28. The van der Waals surface area contributed by atoms with E-state index in [2.05, 4.69) is 30.0 Å². The Labute approximate surface area is 149 Å². The summed E-state index contributed by atoms with van der Waals surface area (Å²) in [7, 11) is 0. The van der Waals surface area contributed by atoms with Gasteiger partial charge in [-0.25, -0.2) is 19.6 Å². The summed E-state index contributed by atoms with van der Waals surface area (Å²) in [5, 5.41) is 31.8. The Bertz CT molecular complexity index is 982. The number of H-pyrrole nitrogens is 2. The van der Waals surface area contributed by atoms with Gasteiger partial charge >= 0.3 is 0 Å². The van der Waals surface area contributed by atoms with Gasteiger partial charge in [0, 0.05) is 0 Å². The maximum absolute atomic E-state index is 10.9. The number of nitrogens with one attached hydrogen (secondary N) is 2. The van der Waals surface area contributed by atoms with Crippen LogP contribution in [0, 0.1) is 0 Å². The zero-order valence-electron chi connectivity index (χ0n) is 13.6. The van der Waals surface area contributed by atoms with E-state index < -0.39 is 37.1 Å². The molecule has 1 fully saturated rings. The summed E-state index contributed by atoms with van der Waals surface area (Å²) < 4.78 is 6.25. The number of aliphatic hydroxyl groups excluding tert-OH is 3. The molecule has 0 saturated carbocycles. The fraction of sp³-hybridized carbons (Fsp3) is 0.385. The van der Waals surface area contributed by atoms with Crippen LogP contribution in [0.1, 0.15) is 16.8 Å². The lowest BCUT2D eigenvalue weighted by atomic mass is 10.1. The molecule has 1 amide bonds. The quantitative estimate of drug-likeness (QED) is 0.265. The lowest BCUT2D eigenvalue weighted by Gasteiger charge is -2.13. The number of ether oxygens (including phenoxy) is 1. The molecule has 4 heterocycles. The first kappa shape index (κ1) is 18.6. The number of amides is 1. The minimum Gasteiger partial charge on any atom is -0.394 e. The molecule has 1 saturated heterocycles. The highest BCUT2D eigenvalue weighted by atomic mass is 16.6. The van der Waals surface area contributed by atoms with E-state index >= 15 is 0 Å². The van der Waals surface area contributed by atoms with Crippen LogP contribution in [0.5, 0.6) is 0 Å². The van der Waals surface area contributed by atoms with Gasteiger partial charge in [0.2, 0.25) is 5.82 Å². The predicted octanol–water partition coefficient (Wildman–Crippen LogP) is -3.37. The van der Waals surface area contributed by atoms with Gasteiger partial charge in [-0.05, 0) is 0 Å². The van der Waals surface area contributed by atoms with Gasteiger partial charge in [0.15, 0.2) is 17.4 Å². The molecule has 0 unspecified atom stereocenters. The summed E-state index contributed by atoms with van der Waals surface area (Å²) in [6, 6.07) is 0. The number of fused-ring (bicyclic) bond motifs is 1. The van der Waals surface area contributed by atoms with Crippen molar-refractivity contribution in [2.45, 2.75) is 24.5 Å². The maximum atomic E-state index is 10.9. The number of hydrogen-bond donors (Lipinski definition) is 6. The van der Waals surface area contributed by atoms with Crippen molar-refractivity contribution in [3.05, 3.63) is 35.2 Å². The average Bonchev–Trinajstić information content (AvgIpc) is 3.37. The fourth-order valence-corrected chi connectivity index (χ4v) is 2.39. The Morgan fingerprint density at radius 3 is 2.48 bits per heavy atom. The molecular formula is C13H16N8O6. The van der Waals surface area contributed by atoms with Gasteiger partial charge in [0.1, 0.15) is 24.6 Å². The molecule has 0 radical (unpaired) electrons. The second-order valence-electron chi connectivity index (χ2n) is 5.47. The molecule has 4 rings (SSSR count). The Balaban J connectivity index is 0.000000177. The van der Waals surface area contributed by atoms with E-state index in [-0.39, 0.29) is 11.4 Å². The number of carbonyl (C=O) groups is 1. The van der Waals surface area contributed by atoms with Crippen molar-refractivity contribution in [1.82, 2.24) is 34.7 Å². The third kappa shape index (κ3) is 3.68. The second kappa shape index (κ2) is 7.58. The number of aliphatic hydroxyl groups is 3. The van der Waals surface area contributed by atoms with E-state index in [9.17, 15) is 19.8 Å². The SMILES string of the molecule is NC(=O)c1ncn([C@@H]2O[C@H](CO)[C@@H](O)[C@H]2O)n1.O=c1[nH]cnc2nc[nH]c12. The first-order chi connectivity index (χ1) is 12.9. The smallest absolute Gasteiger partial charge is 0.288 e. The first-order valence-corrected chi connectivity index (χ1v) is 7.62. The van der Waals surface area contributed by atoms with Crippen LogP contribution in [0.4, 0.5) is 0 Å². The number of nitrogens with two attached hydrogens (primary N) is 1. The monoisotopic (exact) mass is 380 g/mol. The highest BCUT2D eigenvalue weighted by Gasteiger charge is 2.44. The van der Waals surface area contributed by atoms with Gasteiger partial charge in [0.25, 0.3) is 11.5 Å². The molecule has 0 spiro atoms. The molecule has 144 valence electrons. The summed E-state index contributed by atoms with van der Waals surface area (Å²) in [6.45, 7) is -0.438. The molecule has 7 N–H and O–H groups in total. The Kier molecular flexibility index (Phi) is 5.22. The molecule has 0 bridgehead atoms. The van der Waals surface area contributed by atoms with Crippen molar-refractivity contribution in [3.63, 3.8) is 0 Å². The van der Waals surface area contributed by atoms with Crippen LogP contribution in [0.2, 0.25) is 0 Å². The summed E-state index contributed by atoms with van der Waals surface area (Å²) >= 11 is 0. The van der Waals surface area contributed by atoms with Crippen LogP contribution in [0.25, 0.3) is 11.2 Å². The van der Waals surface area contributed by atoms with Gasteiger partial charge < -0.3 is 35.8 Å². The summed E-state index contributed by atoms with van der Waals surface area (Å²) in [5.41, 5.74) is 5.65. The van der Waals surface area contributed by atoms with Crippen molar-refractivity contribution < 1.29 is 24.9 Å². The number of aromatic amines is 2. The van der Waals surface area contributed by atoms with Crippen molar-refractivity contribution >= 4 is 17.1 Å². The Morgan fingerprint density at radius 2 is 1.93 bits per heavy atom. The highest BCUT2D eigenvalue weighted by molar-refractivity contribution is 5.88.